The van der Waals surface area contributed by atoms with Crippen molar-refractivity contribution >= 4 is 17.5 Å². The van der Waals surface area contributed by atoms with Crippen LogP contribution in [0.2, 0.25) is 0 Å². The number of carbonyl (C=O) groups excluding carboxylic acids is 2. The Bertz CT molecular complexity index is 562. The predicted octanol–water partition coefficient (Wildman–Crippen LogP) is 1.63. The smallest absolute Gasteiger partial charge is 0.261 e. The quantitative estimate of drug-likeness (QED) is 0.804. The third kappa shape index (κ3) is 2.18. The number of aliphatic hydroxyl groups excluding tert-OH is 1. The Hall–Kier alpha value is -1.88. The molecule has 2 aliphatic rings. The number of carbonyl (C=O) groups is 2. The average Bonchev–Trinajstić information content (AvgIpc) is 2.66. The van der Waals surface area contributed by atoms with Crippen molar-refractivity contribution in [2.24, 2.45) is 0 Å². The van der Waals surface area contributed by atoms with Crippen molar-refractivity contribution in [2.75, 3.05) is 12.4 Å². The molecule has 1 saturated carbocycles. The van der Waals surface area contributed by atoms with E-state index in [1.54, 1.807) is 12.1 Å². The van der Waals surface area contributed by atoms with Crippen molar-refractivity contribution < 1.29 is 14.7 Å². The van der Waals surface area contributed by atoms with Crippen LogP contribution < -0.4 is 5.32 Å². The molecule has 3 rings (SSSR count). The highest BCUT2D eigenvalue weighted by Crippen LogP contribution is 2.27. The number of hydrogen-bond donors (Lipinski definition) is 2. The standard InChI is InChI=1S/C15H18N2O3/c1-17-14(19)12-7-4-10(8-13(12)15(17)20)16-9-2-5-11(18)6-3-9/h4,7-9,11,16,18H,2-3,5-6H2,1H3. The van der Waals surface area contributed by atoms with Crippen LogP contribution in [-0.4, -0.2) is 41.0 Å². The number of amides is 2. The van der Waals surface area contributed by atoms with Crippen molar-refractivity contribution in [2.45, 2.75) is 37.8 Å². The first-order chi connectivity index (χ1) is 9.56. The van der Waals surface area contributed by atoms with E-state index in [2.05, 4.69) is 5.32 Å². The van der Waals surface area contributed by atoms with Gasteiger partial charge in [0.25, 0.3) is 11.8 Å². The van der Waals surface area contributed by atoms with E-state index in [-0.39, 0.29) is 17.9 Å². The lowest BCUT2D eigenvalue weighted by atomic mass is 9.93. The van der Waals surface area contributed by atoms with E-state index >= 15 is 0 Å². The van der Waals surface area contributed by atoms with Gasteiger partial charge in [0.15, 0.2) is 0 Å². The summed E-state index contributed by atoms with van der Waals surface area (Å²) in [5, 5.41) is 12.9. The predicted molar refractivity (Wildman–Crippen MR) is 74.8 cm³/mol. The summed E-state index contributed by atoms with van der Waals surface area (Å²) >= 11 is 0. The zero-order chi connectivity index (χ0) is 14.3. The van der Waals surface area contributed by atoms with Crippen LogP contribution in [0.5, 0.6) is 0 Å². The molecule has 5 nitrogen and oxygen atoms in total. The fraction of sp³-hybridized carbons (Fsp3) is 0.467. The summed E-state index contributed by atoms with van der Waals surface area (Å²) < 4.78 is 0. The maximum atomic E-state index is 11.9. The number of nitrogens with one attached hydrogen (secondary N) is 1. The monoisotopic (exact) mass is 274 g/mol. The molecule has 2 N–H and O–H groups in total. The second kappa shape index (κ2) is 4.90. The minimum atomic E-state index is -0.243. The van der Waals surface area contributed by atoms with Crippen LogP contribution >= 0.6 is 0 Å². The van der Waals surface area contributed by atoms with E-state index < -0.39 is 0 Å². The summed E-state index contributed by atoms with van der Waals surface area (Å²) in [6.07, 6.45) is 3.28. The van der Waals surface area contributed by atoms with E-state index in [0.29, 0.717) is 17.2 Å². The molecule has 1 aromatic carbocycles. The van der Waals surface area contributed by atoms with Gasteiger partial charge in [-0.2, -0.15) is 0 Å². The molecule has 1 fully saturated rings. The Morgan fingerprint density at radius 2 is 1.75 bits per heavy atom. The first-order valence-electron chi connectivity index (χ1n) is 6.97. The van der Waals surface area contributed by atoms with Gasteiger partial charge in [0.05, 0.1) is 17.2 Å². The Labute approximate surface area is 117 Å². The zero-order valence-electron chi connectivity index (χ0n) is 11.4. The molecule has 0 spiro atoms. The summed E-state index contributed by atoms with van der Waals surface area (Å²) in [5.74, 6) is -0.481. The minimum absolute atomic E-state index is 0.180. The number of rotatable bonds is 2. The largest absolute Gasteiger partial charge is 0.393 e. The molecule has 1 aliphatic carbocycles. The van der Waals surface area contributed by atoms with Gasteiger partial charge in [-0.3, -0.25) is 14.5 Å². The van der Waals surface area contributed by atoms with Crippen LogP contribution in [0.25, 0.3) is 0 Å². The van der Waals surface area contributed by atoms with Gasteiger partial charge >= 0.3 is 0 Å². The first kappa shape index (κ1) is 13.1. The van der Waals surface area contributed by atoms with Crippen LogP contribution in [0.15, 0.2) is 18.2 Å². The molecular formula is C15H18N2O3. The maximum absolute atomic E-state index is 11.9. The highest BCUT2D eigenvalue weighted by Gasteiger charge is 2.32. The normalized spacial score (nSPS) is 25.8. The molecule has 2 amide bonds. The lowest BCUT2D eigenvalue weighted by molar-refractivity contribution is 0.0693. The van der Waals surface area contributed by atoms with Gasteiger partial charge in [-0.1, -0.05) is 0 Å². The molecule has 106 valence electrons. The number of anilines is 1. The SMILES string of the molecule is CN1C(=O)c2ccc(NC3CCC(O)CC3)cc2C1=O. The molecule has 0 radical (unpaired) electrons. The topological polar surface area (TPSA) is 69.6 Å². The van der Waals surface area contributed by atoms with E-state index in [1.807, 2.05) is 6.07 Å². The summed E-state index contributed by atoms with van der Waals surface area (Å²) in [6, 6.07) is 5.62. The molecule has 0 atom stereocenters. The number of aliphatic hydroxyl groups is 1. The van der Waals surface area contributed by atoms with Gasteiger partial charge < -0.3 is 10.4 Å². The van der Waals surface area contributed by atoms with Crippen LogP contribution in [0.3, 0.4) is 0 Å². The molecule has 1 heterocycles. The summed E-state index contributed by atoms with van der Waals surface area (Å²) in [7, 11) is 1.50. The van der Waals surface area contributed by atoms with Crippen LogP contribution in [-0.2, 0) is 0 Å². The minimum Gasteiger partial charge on any atom is -0.393 e. The fourth-order valence-corrected chi connectivity index (χ4v) is 2.91. The molecule has 0 aromatic heterocycles. The molecule has 0 bridgehead atoms. The van der Waals surface area contributed by atoms with Crippen LogP contribution in [0, 0.1) is 0 Å². The highest BCUT2D eigenvalue weighted by molar-refractivity contribution is 6.21. The van der Waals surface area contributed by atoms with Crippen molar-refractivity contribution in [3.05, 3.63) is 29.3 Å². The Kier molecular flexibility index (Phi) is 3.22. The lowest BCUT2D eigenvalue weighted by Crippen LogP contribution is -2.28. The van der Waals surface area contributed by atoms with E-state index in [0.717, 1.165) is 36.3 Å². The van der Waals surface area contributed by atoms with Crippen LogP contribution in [0.1, 0.15) is 46.4 Å². The summed E-state index contributed by atoms with van der Waals surface area (Å²) in [6.45, 7) is 0. The van der Waals surface area contributed by atoms with Gasteiger partial charge in [-0.05, 0) is 43.9 Å². The van der Waals surface area contributed by atoms with E-state index in [4.69, 9.17) is 0 Å². The molecule has 0 unspecified atom stereocenters. The van der Waals surface area contributed by atoms with Gasteiger partial charge in [-0.25, -0.2) is 0 Å². The van der Waals surface area contributed by atoms with Crippen molar-refractivity contribution in [3.63, 3.8) is 0 Å². The van der Waals surface area contributed by atoms with Crippen LogP contribution in [0.4, 0.5) is 5.69 Å². The number of hydrogen-bond acceptors (Lipinski definition) is 4. The number of imide groups is 1. The van der Waals surface area contributed by atoms with Crippen molar-refractivity contribution in [1.29, 1.82) is 0 Å². The van der Waals surface area contributed by atoms with E-state index in [9.17, 15) is 14.7 Å². The number of nitrogens with zero attached hydrogens (tertiary/aromatic N) is 1. The van der Waals surface area contributed by atoms with Gasteiger partial charge in [0.2, 0.25) is 0 Å². The molecule has 5 heteroatoms. The molecular weight excluding hydrogens is 256 g/mol. The second-order valence-electron chi connectivity index (χ2n) is 5.58. The molecule has 1 aromatic rings. The first-order valence-corrected chi connectivity index (χ1v) is 6.97. The number of benzene rings is 1. The zero-order valence-corrected chi connectivity index (χ0v) is 11.4. The third-order valence-corrected chi connectivity index (χ3v) is 4.16. The lowest BCUT2D eigenvalue weighted by Gasteiger charge is -2.27. The van der Waals surface area contributed by atoms with Crippen molar-refractivity contribution in [1.82, 2.24) is 4.90 Å². The Morgan fingerprint density at radius 3 is 2.45 bits per heavy atom. The molecule has 0 saturated heterocycles. The van der Waals surface area contributed by atoms with Crippen molar-refractivity contribution in [3.8, 4) is 0 Å². The fourth-order valence-electron chi connectivity index (χ4n) is 2.91. The number of fused-ring (bicyclic) bond motifs is 1. The Morgan fingerprint density at radius 1 is 1.10 bits per heavy atom. The Balaban J connectivity index is 1.77. The summed E-state index contributed by atoms with van der Waals surface area (Å²) in [4.78, 5) is 24.9. The average molecular weight is 274 g/mol. The molecule has 1 aliphatic heterocycles. The second-order valence-corrected chi connectivity index (χ2v) is 5.58. The van der Waals surface area contributed by atoms with Gasteiger partial charge in [-0.15, -0.1) is 0 Å². The third-order valence-electron chi connectivity index (χ3n) is 4.16. The highest BCUT2D eigenvalue weighted by atomic mass is 16.3. The van der Waals surface area contributed by atoms with Gasteiger partial charge in [0.1, 0.15) is 0 Å². The maximum Gasteiger partial charge on any atom is 0.261 e. The molecule has 20 heavy (non-hydrogen) atoms. The summed E-state index contributed by atoms with van der Waals surface area (Å²) in [5.41, 5.74) is 1.81. The van der Waals surface area contributed by atoms with Gasteiger partial charge in [0, 0.05) is 18.8 Å². The van der Waals surface area contributed by atoms with E-state index in [1.165, 1.54) is 7.05 Å².